The average molecular weight is 453 g/mol. The number of nitrogens with one attached hydrogen (secondary N) is 1. The molecular formula is C25H22F3N3O2. The second-order valence-electron chi connectivity index (χ2n) is 8.56. The Morgan fingerprint density at radius 1 is 0.970 bits per heavy atom. The van der Waals surface area contributed by atoms with E-state index in [4.69, 9.17) is 4.74 Å². The fourth-order valence-electron chi connectivity index (χ4n) is 3.42. The minimum absolute atomic E-state index is 0.110. The van der Waals surface area contributed by atoms with Gasteiger partial charge < -0.3 is 4.74 Å². The van der Waals surface area contributed by atoms with Gasteiger partial charge in [0, 0.05) is 17.3 Å². The predicted molar refractivity (Wildman–Crippen MR) is 121 cm³/mol. The minimum atomic E-state index is -4.44. The quantitative estimate of drug-likeness (QED) is 0.361. The van der Waals surface area contributed by atoms with E-state index < -0.39 is 23.4 Å². The van der Waals surface area contributed by atoms with Crippen molar-refractivity contribution in [2.75, 3.05) is 5.32 Å². The van der Waals surface area contributed by atoms with Crippen LogP contribution in [0.4, 0.5) is 23.7 Å². The molecule has 1 amide bonds. The molecule has 0 aliphatic rings. The summed E-state index contributed by atoms with van der Waals surface area (Å²) in [5, 5.41) is 7.98. The highest BCUT2D eigenvalue weighted by molar-refractivity contribution is 5.86. The standard InChI is InChI=1S/C25H22F3N3O2/c1-24(2,3)33-23(32)29-18-10-12-19(13-11-18)31-15-17-9-8-16(14-22(17)30-31)20-6-4-5-7-21(20)25(26,27)28/h4-15H,1-3H3,(H,29,32). The lowest BCUT2D eigenvalue weighted by molar-refractivity contribution is -0.137. The van der Waals surface area contributed by atoms with Crippen molar-refractivity contribution in [2.45, 2.75) is 32.5 Å². The van der Waals surface area contributed by atoms with Crippen LogP contribution in [-0.4, -0.2) is 21.5 Å². The topological polar surface area (TPSA) is 56.1 Å². The van der Waals surface area contributed by atoms with Crippen molar-refractivity contribution in [3.63, 3.8) is 0 Å². The third-order valence-electron chi connectivity index (χ3n) is 4.83. The summed E-state index contributed by atoms with van der Waals surface area (Å²) in [5.41, 5.74) is 1.14. The predicted octanol–water partition coefficient (Wildman–Crippen LogP) is 7.06. The van der Waals surface area contributed by atoms with Gasteiger partial charge in [-0.3, -0.25) is 5.32 Å². The SMILES string of the molecule is CC(C)(C)OC(=O)Nc1ccc(-n2cc3ccc(-c4ccccc4C(F)(F)F)cc3n2)cc1. The van der Waals surface area contributed by atoms with Crippen LogP contribution in [0.1, 0.15) is 26.3 Å². The molecule has 0 aliphatic heterocycles. The number of aromatic nitrogens is 2. The van der Waals surface area contributed by atoms with Crippen LogP contribution in [0, 0.1) is 0 Å². The molecule has 4 aromatic rings. The average Bonchev–Trinajstić information content (AvgIpc) is 3.15. The number of hydrogen-bond acceptors (Lipinski definition) is 3. The second-order valence-corrected chi connectivity index (χ2v) is 8.56. The van der Waals surface area contributed by atoms with Gasteiger partial charge >= 0.3 is 12.3 Å². The Hall–Kier alpha value is -3.81. The molecule has 170 valence electrons. The Morgan fingerprint density at radius 3 is 2.33 bits per heavy atom. The fourth-order valence-corrected chi connectivity index (χ4v) is 3.42. The number of carbonyl (C=O) groups excluding carboxylic acids is 1. The molecule has 0 fully saturated rings. The number of amides is 1. The largest absolute Gasteiger partial charge is 0.444 e. The van der Waals surface area contributed by atoms with Crippen LogP contribution in [0.25, 0.3) is 27.7 Å². The molecule has 3 aromatic carbocycles. The summed E-state index contributed by atoms with van der Waals surface area (Å²) in [5.74, 6) is 0. The van der Waals surface area contributed by atoms with Crippen LogP contribution >= 0.6 is 0 Å². The molecule has 8 heteroatoms. The zero-order chi connectivity index (χ0) is 23.8. The number of alkyl halides is 3. The summed E-state index contributed by atoms with van der Waals surface area (Å²) in [7, 11) is 0. The lowest BCUT2D eigenvalue weighted by Crippen LogP contribution is -2.27. The molecule has 0 atom stereocenters. The molecule has 0 spiro atoms. The Bertz CT molecular complexity index is 1300. The van der Waals surface area contributed by atoms with Gasteiger partial charge in [0.15, 0.2) is 0 Å². The molecule has 0 saturated carbocycles. The number of anilines is 1. The highest BCUT2D eigenvalue weighted by Gasteiger charge is 2.33. The normalized spacial score (nSPS) is 12.1. The maximum atomic E-state index is 13.4. The number of rotatable bonds is 3. The van der Waals surface area contributed by atoms with E-state index in [0.29, 0.717) is 16.8 Å². The molecule has 5 nitrogen and oxygen atoms in total. The van der Waals surface area contributed by atoms with Crippen LogP contribution in [0.2, 0.25) is 0 Å². The van der Waals surface area contributed by atoms with Gasteiger partial charge in [-0.1, -0.05) is 30.3 Å². The first-order chi connectivity index (χ1) is 15.5. The van der Waals surface area contributed by atoms with Crippen LogP contribution in [0.3, 0.4) is 0 Å². The van der Waals surface area contributed by atoms with Crippen molar-refractivity contribution < 1.29 is 22.7 Å². The highest BCUT2D eigenvalue weighted by atomic mass is 19.4. The highest BCUT2D eigenvalue weighted by Crippen LogP contribution is 2.37. The third-order valence-corrected chi connectivity index (χ3v) is 4.83. The maximum absolute atomic E-state index is 13.4. The van der Waals surface area contributed by atoms with Gasteiger partial charge in [0.25, 0.3) is 0 Å². The molecule has 0 aliphatic carbocycles. The number of ether oxygens (including phenoxy) is 1. The first-order valence-corrected chi connectivity index (χ1v) is 10.3. The summed E-state index contributed by atoms with van der Waals surface area (Å²) < 4.78 is 47.1. The summed E-state index contributed by atoms with van der Waals surface area (Å²) in [6.07, 6.45) is -3.20. The van der Waals surface area contributed by atoms with Crippen molar-refractivity contribution in [3.05, 3.63) is 78.5 Å². The smallest absolute Gasteiger partial charge is 0.417 e. The maximum Gasteiger partial charge on any atom is 0.417 e. The molecule has 0 saturated heterocycles. The number of halogens is 3. The van der Waals surface area contributed by atoms with Gasteiger partial charge in [-0.25, -0.2) is 9.48 Å². The second kappa shape index (κ2) is 8.27. The van der Waals surface area contributed by atoms with E-state index in [1.165, 1.54) is 12.1 Å². The van der Waals surface area contributed by atoms with Gasteiger partial charge in [0.2, 0.25) is 0 Å². The van der Waals surface area contributed by atoms with Crippen LogP contribution < -0.4 is 5.32 Å². The van der Waals surface area contributed by atoms with Gasteiger partial charge in [-0.2, -0.15) is 18.3 Å². The van der Waals surface area contributed by atoms with Gasteiger partial charge in [0.1, 0.15) is 5.60 Å². The van der Waals surface area contributed by atoms with E-state index in [2.05, 4.69) is 10.4 Å². The van der Waals surface area contributed by atoms with Crippen molar-refractivity contribution in [1.29, 1.82) is 0 Å². The van der Waals surface area contributed by atoms with E-state index in [-0.39, 0.29) is 5.56 Å². The Balaban J connectivity index is 1.59. The number of carbonyl (C=O) groups is 1. The summed E-state index contributed by atoms with van der Waals surface area (Å²) in [6.45, 7) is 5.35. The number of hydrogen-bond donors (Lipinski definition) is 1. The van der Waals surface area contributed by atoms with Crippen LogP contribution in [0.5, 0.6) is 0 Å². The van der Waals surface area contributed by atoms with Gasteiger partial charge in [0.05, 0.1) is 16.8 Å². The van der Waals surface area contributed by atoms with Crippen molar-refractivity contribution >= 4 is 22.7 Å². The van der Waals surface area contributed by atoms with E-state index >= 15 is 0 Å². The fraction of sp³-hybridized carbons (Fsp3) is 0.200. The van der Waals surface area contributed by atoms with E-state index in [0.717, 1.165) is 17.1 Å². The first kappa shape index (κ1) is 22.4. The molecule has 1 aromatic heterocycles. The Labute approximate surface area is 188 Å². The minimum Gasteiger partial charge on any atom is -0.444 e. The Kier molecular flexibility index (Phi) is 5.61. The van der Waals surface area contributed by atoms with Crippen LogP contribution in [0.15, 0.2) is 72.9 Å². The third kappa shape index (κ3) is 5.16. The van der Waals surface area contributed by atoms with Crippen molar-refractivity contribution in [1.82, 2.24) is 9.78 Å². The molecule has 0 unspecified atom stereocenters. The van der Waals surface area contributed by atoms with Crippen molar-refractivity contribution in [3.8, 4) is 16.8 Å². The molecule has 4 rings (SSSR count). The summed E-state index contributed by atoms with van der Waals surface area (Å²) in [6, 6.07) is 17.5. The number of benzene rings is 3. The van der Waals surface area contributed by atoms with Gasteiger partial charge in [-0.15, -0.1) is 0 Å². The first-order valence-electron chi connectivity index (χ1n) is 10.3. The van der Waals surface area contributed by atoms with Crippen molar-refractivity contribution in [2.24, 2.45) is 0 Å². The zero-order valence-corrected chi connectivity index (χ0v) is 18.3. The lowest BCUT2D eigenvalue weighted by atomic mass is 9.98. The lowest BCUT2D eigenvalue weighted by Gasteiger charge is -2.19. The zero-order valence-electron chi connectivity index (χ0n) is 18.3. The summed E-state index contributed by atoms with van der Waals surface area (Å²) >= 11 is 0. The molecule has 33 heavy (non-hydrogen) atoms. The van der Waals surface area contributed by atoms with E-state index in [1.807, 2.05) is 0 Å². The van der Waals surface area contributed by atoms with Gasteiger partial charge in [-0.05, 0) is 68.3 Å². The number of fused-ring (bicyclic) bond motifs is 1. The van der Waals surface area contributed by atoms with E-state index in [1.54, 1.807) is 80.2 Å². The molecule has 0 bridgehead atoms. The molecule has 0 radical (unpaired) electrons. The molecule has 1 N–H and O–H groups in total. The summed E-state index contributed by atoms with van der Waals surface area (Å²) in [4.78, 5) is 11.9. The van der Waals surface area contributed by atoms with Crippen LogP contribution in [-0.2, 0) is 10.9 Å². The molecular weight excluding hydrogens is 431 g/mol. The molecule has 1 heterocycles. The monoisotopic (exact) mass is 453 g/mol. The van der Waals surface area contributed by atoms with E-state index in [9.17, 15) is 18.0 Å². The Morgan fingerprint density at radius 2 is 1.67 bits per heavy atom. The number of nitrogens with zero attached hydrogens (tertiary/aromatic N) is 2.